The molecule has 0 radical (unpaired) electrons. The molecule has 1 aromatic rings. The number of benzene rings is 1. The van der Waals surface area contributed by atoms with E-state index in [9.17, 15) is 8.42 Å². The van der Waals surface area contributed by atoms with Gasteiger partial charge in [0.2, 0.25) is 0 Å². The van der Waals surface area contributed by atoms with Gasteiger partial charge in [-0.25, -0.2) is 8.42 Å². The fourth-order valence-electron chi connectivity index (χ4n) is 0.759. The van der Waals surface area contributed by atoms with Crippen molar-refractivity contribution < 1.29 is 55.8 Å². The van der Waals surface area contributed by atoms with Crippen LogP contribution in [-0.2, 0) is 10.0 Å². The Morgan fingerprint density at radius 3 is 1.81 bits per heavy atom. The summed E-state index contributed by atoms with van der Waals surface area (Å²) in [5.74, 6) is 5.15. The van der Waals surface area contributed by atoms with E-state index in [4.69, 9.17) is 5.84 Å². The summed E-state index contributed by atoms with van der Waals surface area (Å²) < 4.78 is 23.4. The van der Waals surface area contributed by atoms with E-state index in [2.05, 4.69) is 0 Å². The van der Waals surface area contributed by atoms with Gasteiger partial charge in [0.25, 0.3) is 10.0 Å². The molecule has 0 amide bonds. The summed E-state index contributed by atoms with van der Waals surface area (Å²) in [4.78, 5) is 0.204. The van der Waals surface area contributed by atoms with Crippen LogP contribution < -0.4 is 35.4 Å². The number of hydrogen-bond donors (Lipinski definition) is 1. The van der Waals surface area contributed by atoms with Crippen molar-refractivity contribution in [2.75, 3.05) is 7.05 Å². The molecule has 0 aliphatic carbocycles. The van der Waals surface area contributed by atoms with Crippen molar-refractivity contribution in [3.05, 3.63) is 30.3 Å². The zero-order valence-corrected chi connectivity index (χ0v) is 12.0. The predicted octanol–water partition coefficient (Wildman–Crippen LogP) is -5.18. The number of rotatable bonds is 2. The molecular formula is C7H17N2NaO5S. The Morgan fingerprint density at radius 1 is 1.12 bits per heavy atom. The maximum Gasteiger partial charge on any atom is 1.00 e. The molecule has 8 N–H and O–H groups in total. The normalized spacial score (nSPS) is 8.94. The molecule has 7 nitrogen and oxygen atoms in total. The Hall–Kier alpha value is -0.0300. The number of hydrogen-bond acceptors (Lipinski definition) is 3. The molecule has 1 rings (SSSR count). The van der Waals surface area contributed by atoms with E-state index in [0.29, 0.717) is 4.41 Å². The van der Waals surface area contributed by atoms with Gasteiger partial charge in [-0.3, -0.25) is 5.84 Å². The monoisotopic (exact) mass is 264 g/mol. The van der Waals surface area contributed by atoms with E-state index < -0.39 is 10.0 Å². The van der Waals surface area contributed by atoms with Crippen molar-refractivity contribution in [1.29, 1.82) is 0 Å². The minimum absolute atomic E-state index is 0. The predicted molar refractivity (Wildman–Crippen MR) is 57.5 cm³/mol. The van der Waals surface area contributed by atoms with Crippen molar-refractivity contribution >= 4 is 10.0 Å². The van der Waals surface area contributed by atoms with Gasteiger partial charge in [0.15, 0.2) is 0 Å². The molecule has 9 heteroatoms. The first-order chi connectivity index (χ1) is 5.55. The van der Waals surface area contributed by atoms with Crippen LogP contribution in [0.15, 0.2) is 35.2 Å². The average molecular weight is 264 g/mol. The van der Waals surface area contributed by atoms with E-state index >= 15 is 0 Å². The van der Waals surface area contributed by atoms with Crippen LogP contribution in [0.5, 0.6) is 0 Å². The average Bonchev–Trinajstić information content (AvgIpc) is 2.06. The molecule has 0 fully saturated rings. The van der Waals surface area contributed by atoms with Crippen LogP contribution in [0, 0.1) is 0 Å². The number of sulfonamides is 1. The Bertz CT molecular complexity index is 362. The second-order valence-electron chi connectivity index (χ2n) is 2.33. The minimum atomic E-state index is -3.47. The molecule has 16 heavy (non-hydrogen) atoms. The Kier molecular flexibility index (Phi) is 15.8. The molecule has 0 aromatic heterocycles. The van der Waals surface area contributed by atoms with Gasteiger partial charge < -0.3 is 17.9 Å². The first-order valence-electron chi connectivity index (χ1n) is 3.34. The van der Waals surface area contributed by atoms with E-state index in [1.807, 2.05) is 0 Å². The van der Waals surface area contributed by atoms with Crippen LogP contribution in [0.2, 0.25) is 0 Å². The molecule has 0 spiro atoms. The van der Waals surface area contributed by atoms with Gasteiger partial charge in [0.1, 0.15) is 0 Å². The third kappa shape index (κ3) is 5.89. The van der Waals surface area contributed by atoms with Crippen LogP contribution in [0.1, 0.15) is 1.43 Å². The Morgan fingerprint density at radius 2 is 1.50 bits per heavy atom. The van der Waals surface area contributed by atoms with Crippen molar-refractivity contribution in [2.24, 2.45) is 5.84 Å². The maximum atomic E-state index is 11.3. The smallest absolute Gasteiger partial charge is 1.00 e. The minimum Gasteiger partial charge on any atom is -1.00 e. The van der Waals surface area contributed by atoms with Crippen LogP contribution in [0.25, 0.3) is 0 Å². The summed E-state index contributed by atoms with van der Waals surface area (Å²) in [5.41, 5.74) is 0. The van der Waals surface area contributed by atoms with Gasteiger partial charge in [-0.15, -0.1) is 4.41 Å². The second-order valence-corrected chi connectivity index (χ2v) is 4.33. The summed E-state index contributed by atoms with van der Waals surface area (Å²) in [7, 11) is -2.17. The number of nitrogens with zero attached hydrogens (tertiary/aromatic N) is 1. The molecule has 0 bridgehead atoms. The summed E-state index contributed by atoms with van der Waals surface area (Å²) in [6.45, 7) is 0. The third-order valence-electron chi connectivity index (χ3n) is 1.42. The first kappa shape index (κ1) is 25.0. The Labute approximate surface area is 118 Å². The van der Waals surface area contributed by atoms with E-state index in [0.717, 1.165) is 0 Å². The largest absolute Gasteiger partial charge is 1.00 e. The zero-order valence-electron chi connectivity index (χ0n) is 10.1. The van der Waals surface area contributed by atoms with Crippen LogP contribution in [-0.4, -0.2) is 36.3 Å². The van der Waals surface area contributed by atoms with Crippen LogP contribution in [0.3, 0.4) is 0 Å². The quantitative estimate of drug-likeness (QED) is 0.322. The summed E-state index contributed by atoms with van der Waals surface area (Å²) in [6.07, 6.45) is 0. The van der Waals surface area contributed by atoms with Crippen molar-refractivity contribution in [2.45, 2.75) is 4.90 Å². The maximum absolute atomic E-state index is 11.3. The third-order valence-corrected chi connectivity index (χ3v) is 3.05. The molecule has 0 saturated heterocycles. The summed E-state index contributed by atoms with van der Waals surface area (Å²) in [5, 5.41) is 0. The van der Waals surface area contributed by atoms with Crippen molar-refractivity contribution in [3.63, 3.8) is 0 Å². The van der Waals surface area contributed by atoms with Gasteiger partial charge >= 0.3 is 29.6 Å². The fraction of sp³-hybridized carbons (Fsp3) is 0.143. The molecule has 1 aromatic carbocycles. The molecule has 0 heterocycles. The molecule has 0 saturated carbocycles. The van der Waals surface area contributed by atoms with Gasteiger partial charge in [-0.05, 0) is 12.1 Å². The summed E-state index contributed by atoms with van der Waals surface area (Å²) in [6, 6.07) is 8.04. The van der Waals surface area contributed by atoms with Crippen molar-refractivity contribution in [1.82, 2.24) is 4.41 Å². The van der Waals surface area contributed by atoms with Gasteiger partial charge in [0.05, 0.1) is 4.90 Å². The molecular weight excluding hydrogens is 247 g/mol. The first-order valence-corrected chi connectivity index (χ1v) is 4.78. The van der Waals surface area contributed by atoms with Crippen molar-refractivity contribution in [3.8, 4) is 0 Å². The van der Waals surface area contributed by atoms with Gasteiger partial charge in [-0.1, -0.05) is 18.2 Å². The number of hydrazine groups is 1. The molecule has 92 valence electrons. The standard InChI is InChI=1S/C7H10N2O2S.Na.3H2O.H/c1-9(8)12(10,11)7-5-3-2-4-6-7;;;;;/h2-6H,8H2,1H3;;3*1H2;/q;+1;;;;-1. The van der Waals surface area contributed by atoms with E-state index in [1.165, 1.54) is 19.2 Å². The van der Waals surface area contributed by atoms with Gasteiger partial charge in [0, 0.05) is 7.05 Å². The van der Waals surface area contributed by atoms with Crippen LogP contribution >= 0.6 is 0 Å². The van der Waals surface area contributed by atoms with E-state index in [1.54, 1.807) is 18.2 Å². The number of nitrogens with two attached hydrogens (primary N) is 1. The van der Waals surface area contributed by atoms with E-state index in [-0.39, 0.29) is 52.3 Å². The molecule has 0 aliphatic heterocycles. The zero-order chi connectivity index (χ0) is 9.19. The van der Waals surface area contributed by atoms with Gasteiger partial charge in [-0.2, -0.15) is 0 Å². The second kappa shape index (κ2) is 10.1. The fourth-order valence-corrected chi connectivity index (χ4v) is 1.59. The SMILES string of the molecule is CN(N)S(=O)(=O)c1ccccc1.O.O.O.[H-].[Na+]. The van der Waals surface area contributed by atoms with Crippen LogP contribution in [0.4, 0.5) is 0 Å². The topological polar surface area (TPSA) is 158 Å². The molecule has 0 aliphatic rings. The molecule has 0 atom stereocenters. The summed E-state index contributed by atoms with van der Waals surface area (Å²) >= 11 is 0. The Balaban J connectivity index is -0.0000000960. The molecule has 0 unspecified atom stereocenters.